The van der Waals surface area contributed by atoms with Crippen LogP contribution in [-0.4, -0.2) is 22.8 Å². The SMILES string of the molecule is CC(CNC1CCCC1)Sc1ccc(C(F)(F)F)cn1. The van der Waals surface area contributed by atoms with Gasteiger partial charge in [0.25, 0.3) is 0 Å². The van der Waals surface area contributed by atoms with Gasteiger partial charge in [-0.2, -0.15) is 13.2 Å². The molecule has 1 saturated carbocycles. The smallest absolute Gasteiger partial charge is 0.313 e. The fourth-order valence-electron chi connectivity index (χ4n) is 2.33. The topological polar surface area (TPSA) is 24.9 Å². The molecule has 0 amide bonds. The zero-order chi connectivity index (χ0) is 14.6. The standard InChI is InChI=1S/C14H19F3N2S/c1-10(8-18-12-4-2-3-5-12)20-13-7-6-11(9-19-13)14(15,16)17/h6-7,9-10,12,18H,2-5,8H2,1H3. The van der Waals surface area contributed by atoms with Crippen molar-refractivity contribution in [3.8, 4) is 0 Å². The molecule has 1 heterocycles. The first-order chi connectivity index (χ1) is 9.45. The number of pyridine rings is 1. The van der Waals surface area contributed by atoms with Gasteiger partial charge in [-0.15, -0.1) is 11.8 Å². The van der Waals surface area contributed by atoms with E-state index >= 15 is 0 Å². The Bertz CT molecular complexity index is 413. The van der Waals surface area contributed by atoms with Crippen molar-refractivity contribution in [2.24, 2.45) is 0 Å². The molecule has 1 aliphatic rings. The largest absolute Gasteiger partial charge is 0.417 e. The maximum absolute atomic E-state index is 12.4. The lowest BCUT2D eigenvalue weighted by Crippen LogP contribution is -2.31. The number of thioether (sulfide) groups is 1. The molecule has 1 fully saturated rings. The zero-order valence-corrected chi connectivity index (χ0v) is 12.2. The summed E-state index contributed by atoms with van der Waals surface area (Å²) in [6.45, 7) is 2.92. The van der Waals surface area contributed by atoms with Crippen LogP contribution in [0.1, 0.15) is 38.2 Å². The second-order valence-electron chi connectivity index (χ2n) is 5.20. The Morgan fingerprint density at radius 2 is 2.05 bits per heavy atom. The fourth-order valence-corrected chi connectivity index (χ4v) is 3.18. The monoisotopic (exact) mass is 304 g/mol. The number of nitrogens with one attached hydrogen (secondary N) is 1. The van der Waals surface area contributed by atoms with E-state index in [0.29, 0.717) is 16.3 Å². The first-order valence-corrected chi connectivity index (χ1v) is 7.76. The third-order valence-corrected chi connectivity index (χ3v) is 4.49. The van der Waals surface area contributed by atoms with Gasteiger partial charge in [0, 0.05) is 24.0 Å². The molecule has 0 aliphatic heterocycles. The Balaban J connectivity index is 1.80. The van der Waals surface area contributed by atoms with Gasteiger partial charge in [-0.05, 0) is 25.0 Å². The van der Waals surface area contributed by atoms with Gasteiger partial charge in [0.1, 0.15) is 0 Å². The van der Waals surface area contributed by atoms with Crippen LogP contribution in [0.15, 0.2) is 23.4 Å². The minimum absolute atomic E-state index is 0.292. The van der Waals surface area contributed by atoms with Gasteiger partial charge in [-0.1, -0.05) is 19.8 Å². The van der Waals surface area contributed by atoms with Crippen LogP contribution in [0.2, 0.25) is 0 Å². The number of aromatic nitrogens is 1. The maximum Gasteiger partial charge on any atom is 0.417 e. The Hall–Kier alpha value is -0.750. The van der Waals surface area contributed by atoms with Crippen LogP contribution in [0, 0.1) is 0 Å². The van der Waals surface area contributed by atoms with Gasteiger partial charge >= 0.3 is 6.18 Å². The number of hydrogen-bond donors (Lipinski definition) is 1. The molecular weight excluding hydrogens is 285 g/mol. The molecule has 1 aromatic heterocycles. The molecule has 0 spiro atoms. The third kappa shape index (κ3) is 4.66. The number of rotatable bonds is 5. The van der Waals surface area contributed by atoms with Crippen LogP contribution >= 0.6 is 11.8 Å². The van der Waals surface area contributed by atoms with E-state index in [2.05, 4.69) is 17.2 Å². The zero-order valence-electron chi connectivity index (χ0n) is 11.4. The van der Waals surface area contributed by atoms with Gasteiger partial charge in [-0.25, -0.2) is 4.98 Å². The van der Waals surface area contributed by atoms with Crippen LogP contribution in [0.3, 0.4) is 0 Å². The van der Waals surface area contributed by atoms with Crippen LogP contribution < -0.4 is 5.32 Å². The average molecular weight is 304 g/mol. The van der Waals surface area contributed by atoms with Crippen LogP contribution in [0.25, 0.3) is 0 Å². The molecule has 20 heavy (non-hydrogen) atoms. The predicted molar refractivity (Wildman–Crippen MR) is 74.8 cm³/mol. The molecule has 112 valence electrons. The number of alkyl halides is 3. The highest BCUT2D eigenvalue weighted by Gasteiger charge is 2.30. The molecule has 0 saturated heterocycles. The fraction of sp³-hybridized carbons (Fsp3) is 0.643. The first kappa shape index (κ1) is 15.6. The molecule has 1 aliphatic carbocycles. The summed E-state index contributed by atoms with van der Waals surface area (Å²) in [5.41, 5.74) is -0.696. The Labute approximate surface area is 121 Å². The first-order valence-electron chi connectivity index (χ1n) is 6.88. The Kier molecular flexibility index (Phi) is 5.32. The van der Waals surface area contributed by atoms with Gasteiger partial charge < -0.3 is 5.32 Å². The van der Waals surface area contributed by atoms with E-state index in [9.17, 15) is 13.2 Å². The lowest BCUT2D eigenvalue weighted by Gasteiger charge is -2.16. The number of nitrogens with zero attached hydrogens (tertiary/aromatic N) is 1. The van der Waals surface area contributed by atoms with E-state index in [1.54, 1.807) is 0 Å². The van der Waals surface area contributed by atoms with Crippen molar-refractivity contribution in [2.75, 3.05) is 6.54 Å². The summed E-state index contributed by atoms with van der Waals surface area (Å²) < 4.78 is 37.3. The molecule has 2 rings (SSSR count). The normalized spacial score (nSPS) is 18.4. The summed E-state index contributed by atoms with van der Waals surface area (Å²) in [6.07, 6.45) is 1.64. The molecule has 1 N–H and O–H groups in total. The van der Waals surface area contributed by atoms with Crippen LogP contribution in [0.4, 0.5) is 13.2 Å². The highest BCUT2D eigenvalue weighted by molar-refractivity contribution is 7.99. The molecule has 0 bridgehead atoms. The van der Waals surface area contributed by atoms with Crippen molar-refractivity contribution < 1.29 is 13.2 Å². The second kappa shape index (κ2) is 6.80. The van der Waals surface area contributed by atoms with Gasteiger partial charge in [0.05, 0.1) is 10.6 Å². The minimum atomic E-state index is -4.31. The van der Waals surface area contributed by atoms with Gasteiger partial charge in [0.2, 0.25) is 0 Å². The van der Waals surface area contributed by atoms with Crippen molar-refractivity contribution in [2.45, 2.75) is 55.1 Å². The predicted octanol–water partition coefficient (Wildman–Crippen LogP) is 4.11. The van der Waals surface area contributed by atoms with E-state index in [-0.39, 0.29) is 0 Å². The average Bonchev–Trinajstić information content (AvgIpc) is 2.89. The molecular formula is C14H19F3N2S. The highest BCUT2D eigenvalue weighted by Crippen LogP contribution is 2.30. The third-order valence-electron chi connectivity index (χ3n) is 3.43. The molecule has 1 aromatic rings. The van der Waals surface area contributed by atoms with Gasteiger partial charge in [-0.3, -0.25) is 0 Å². The van der Waals surface area contributed by atoms with Crippen molar-refractivity contribution in [1.29, 1.82) is 0 Å². The second-order valence-corrected chi connectivity index (χ2v) is 6.66. The molecule has 1 atom stereocenters. The van der Waals surface area contributed by atoms with Crippen LogP contribution in [-0.2, 0) is 6.18 Å². The molecule has 0 radical (unpaired) electrons. The maximum atomic E-state index is 12.4. The summed E-state index contributed by atoms with van der Waals surface area (Å²) in [4.78, 5) is 3.88. The highest BCUT2D eigenvalue weighted by atomic mass is 32.2. The Morgan fingerprint density at radius 3 is 2.60 bits per heavy atom. The summed E-state index contributed by atoms with van der Waals surface area (Å²) >= 11 is 1.51. The van der Waals surface area contributed by atoms with Gasteiger partial charge in [0.15, 0.2) is 0 Å². The van der Waals surface area contributed by atoms with E-state index in [0.717, 1.165) is 18.8 Å². The van der Waals surface area contributed by atoms with E-state index < -0.39 is 11.7 Å². The molecule has 6 heteroatoms. The quantitative estimate of drug-likeness (QED) is 0.829. The van der Waals surface area contributed by atoms with Crippen molar-refractivity contribution in [3.63, 3.8) is 0 Å². The summed E-state index contributed by atoms with van der Waals surface area (Å²) in [6, 6.07) is 3.14. The minimum Gasteiger partial charge on any atom is -0.313 e. The number of halogens is 3. The lowest BCUT2D eigenvalue weighted by atomic mass is 10.2. The van der Waals surface area contributed by atoms with E-state index in [1.165, 1.54) is 43.5 Å². The van der Waals surface area contributed by atoms with Crippen molar-refractivity contribution in [3.05, 3.63) is 23.9 Å². The summed E-state index contributed by atoms with van der Waals surface area (Å²) in [5, 5.41) is 4.44. The molecule has 2 nitrogen and oxygen atoms in total. The van der Waals surface area contributed by atoms with E-state index in [4.69, 9.17) is 0 Å². The molecule has 0 aromatic carbocycles. The number of hydrogen-bond acceptors (Lipinski definition) is 3. The summed E-state index contributed by atoms with van der Waals surface area (Å²) in [7, 11) is 0. The lowest BCUT2D eigenvalue weighted by molar-refractivity contribution is -0.137. The molecule has 1 unspecified atom stereocenters. The van der Waals surface area contributed by atoms with Crippen LogP contribution in [0.5, 0.6) is 0 Å². The van der Waals surface area contributed by atoms with Crippen molar-refractivity contribution >= 4 is 11.8 Å². The Morgan fingerprint density at radius 1 is 1.35 bits per heavy atom. The van der Waals surface area contributed by atoms with Crippen molar-refractivity contribution in [1.82, 2.24) is 10.3 Å². The van der Waals surface area contributed by atoms with E-state index in [1.807, 2.05) is 0 Å². The summed E-state index contributed by atoms with van der Waals surface area (Å²) in [5.74, 6) is 0.